The standard InChI is InChI=1S/C11H21F3/c1-3-7-10(4-2)8-5-6-9-11(12,13)14/h10H,3-9H2,1-2H3. The molecule has 0 aliphatic heterocycles. The molecule has 0 saturated heterocycles. The Balaban J connectivity index is 3.42. The molecule has 0 aromatic rings. The second kappa shape index (κ2) is 7.13. The summed E-state index contributed by atoms with van der Waals surface area (Å²) in [5.74, 6) is 0.633. The van der Waals surface area contributed by atoms with Gasteiger partial charge in [0.05, 0.1) is 0 Å². The second-order valence-electron chi connectivity index (χ2n) is 3.92. The minimum atomic E-state index is -3.97. The minimum Gasteiger partial charge on any atom is -0.171 e. The summed E-state index contributed by atoms with van der Waals surface area (Å²) in [6, 6.07) is 0. The van der Waals surface area contributed by atoms with Crippen LogP contribution in [0.4, 0.5) is 13.2 Å². The van der Waals surface area contributed by atoms with Gasteiger partial charge in [-0.2, -0.15) is 13.2 Å². The average Bonchev–Trinajstić information content (AvgIpc) is 2.08. The summed E-state index contributed by atoms with van der Waals surface area (Å²) in [7, 11) is 0. The highest BCUT2D eigenvalue weighted by Crippen LogP contribution is 2.25. The van der Waals surface area contributed by atoms with Crippen molar-refractivity contribution >= 4 is 0 Å². The molecule has 0 N–H and O–H groups in total. The molecule has 86 valence electrons. The van der Waals surface area contributed by atoms with E-state index in [-0.39, 0.29) is 0 Å². The number of unbranched alkanes of at least 4 members (excludes halogenated alkanes) is 1. The molecule has 14 heavy (non-hydrogen) atoms. The Kier molecular flexibility index (Phi) is 7.02. The van der Waals surface area contributed by atoms with Gasteiger partial charge >= 0.3 is 6.18 Å². The van der Waals surface area contributed by atoms with Crippen molar-refractivity contribution in [3.05, 3.63) is 0 Å². The summed E-state index contributed by atoms with van der Waals surface area (Å²) in [4.78, 5) is 0. The largest absolute Gasteiger partial charge is 0.389 e. The maximum absolute atomic E-state index is 11.8. The van der Waals surface area contributed by atoms with Crippen LogP contribution >= 0.6 is 0 Å². The highest BCUT2D eigenvalue weighted by atomic mass is 19.4. The van der Waals surface area contributed by atoms with E-state index in [9.17, 15) is 13.2 Å². The highest BCUT2D eigenvalue weighted by molar-refractivity contribution is 4.58. The molecule has 0 spiro atoms. The second-order valence-corrected chi connectivity index (χ2v) is 3.92. The van der Waals surface area contributed by atoms with Crippen LogP contribution in [0, 0.1) is 5.92 Å². The van der Waals surface area contributed by atoms with Gasteiger partial charge in [0, 0.05) is 6.42 Å². The van der Waals surface area contributed by atoms with E-state index >= 15 is 0 Å². The number of hydrogen-bond donors (Lipinski definition) is 0. The van der Waals surface area contributed by atoms with Gasteiger partial charge < -0.3 is 0 Å². The number of rotatable bonds is 7. The molecule has 0 aromatic heterocycles. The van der Waals surface area contributed by atoms with Crippen LogP contribution < -0.4 is 0 Å². The minimum absolute atomic E-state index is 0.295. The van der Waals surface area contributed by atoms with Crippen molar-refractivity contribution in [1.29, 1.82) is 0 Å². The van der Waals surface area contributed by atoms with E-state index in [1.165, 1.54) is 0 Å². The van der Waals surface area contributed by atoms with Crippen molar-refractivity contribution < 1.29 is 13.2 Å². The van der Waals surface area contributed by atoms with E-state index in [1.54, 1.807) is 0 Å². The third kappa shape index (κ3) is 8.39. The molecule has 0 saturated carbocycles. The lowest BCUT2D eigenvalue weighted by atomic mass is 9.94. The Morgan fingerprint density at radius 2 is 1.64 bits per heavy atom. The van der Waals surface area contributed by atoms with Gasteiger partial charge in [0.15, 0.2) is 0 Å². The zero-order valence-electron chi connectivity index (χ0n) is 9.16. The van der Waals surface area contributed by atoms with Crippen LogP contribution in [-0.2, 0) is 0 Å². The van der Waals surface area contributed by atoms with Crippen LogP contribution in [0.3, 0.4) is 0 Å². The smallest absolute Gasteiger partial charge is 0.171 e. The Bertz CT molecular complexity index is 129. The maximum atomic E-state index is 11.8. The maximum Gasteiger partial charge on any atom is 0.389 e. The van der Waals surface area contributed by atoms with Crippen molar-refractivity contribution in [2.75, 3.05) is 0 Å². The summed E-state index contributed by atoms with van der Waals surface area (Å²) >= 11 is 0. The average molecular weight is 210 g/mol. The molecule has 0 heterocycles. The van der Waals surface area contributed by atoms with Crippen LogP contribution in [0.25, 0.3) is 0 Å². The first-order valence-corrected chi connectivity index (χ1v) is 5.56. The Morgan fingerprint density at radius 1 is 1.00 bits per heavy atom. The molecule has 0 bridgehead atoms. The number of halogens is 3. The predicted octanol–water partition coefficient (Wildman–Crippen LogP) is 4.94. The van der Waals surface area contributed by atoms with Crippen LogP contribution in [0.15, 0.2) is 0 Å². The third-order valence-electron chi connectivity index (χ3n) is 2.60. The zero-order chi connectivity index (χ0) is 11.0. The molecular formula is C11H21F3. The molecule has 1 unspecified atom stereocenters. The van der Waals surface area contributed by atoms with Gasteiger partial charge in [0.1, 0.15) is 0 Å². The summed E-state index contributed by atoms with van der Waals surface area (Å²) < 4.78 is 35.4. The SMILES string of the molecule is CCCC(CC)CCCCC(F)(F)F. The van der Waals surface area contributed by atoms with Gasteiger partial charge in [0.25, 0.3) is 0 Å². The van der Waals surface area contributed by atoms with Gasteiger partial charge in [-0.25, -0.2) is 0 Å². The molecule has 1 atom stereocenters. The van der Waals surface area contributed by atoms with Gasteiger partial charge in [-0.15, -0.1) is 0 Å². The summed E-state index contributed by atoms with van der Waals surface area (Å²) in [6.07, 6.45) is 0.782. The van der Waals surface area contributed by atoms with Crippen molar-refractivity contribution in [2.24, 2.45) is 5.92 Å². The first-order chi connectivity index (χ1) is 6.49. The molecule has 0 aromatic carbocycles. The predicted molar refractivity (Wildman–Crippen MR) is 53.2 cm³/mol. The van der Waals surface area contributed by atoms with Crippen LogP contribution in [0.1, 0.15) is 58.8 Å². The summed E-state index contributed by atoms with van der Waals surface area (Å²) in [5.41, 5.74) is 0. The lowest BCUT2D eigenvalue weighted by molar-refractivity contribution is -0.135. The van der Waals surface area contributed by atoms with E-state index in [0.29, 0.717) is 12.3 Å². The monoisotopic (exact) mass is 210 g/mol. The first-order valence-electron chi connectivity index (χ1n) is 5.56. The number of alkyl halides is 3. The van der Waals surface area contributed by atoms with Crippen LogP contribution in [-0.4, -0.2) is 6.18 Å². The van der Waals surface area contributed by atoms with E-state index in [4.69, 9.17) is 0 Å². The molecule has 0 aliphatic rings. The lowest BCUT2D eigenvalue weighted by Crippen LogP contribution is -2.07. The van der Waals surface area contributed by atoms with E-state index in [0.717, 1.165) is 32.1 Å². The topological polar surface area (TPSA) is 0 Å². The van der Waals surface area contributed by atoms with Gasteiger partial charge in [-0.1, -0.05) is 46.0 Å². The van der Waals surface area contributed by atoms with E-state index in [1.807, 2.05) is 0 Å². The molecule has 0 rings (SSSR count). The fraction of sp³-hybridized carbons (Fsp3) is 1.00. The molecular weight excluding hydrogens is 189 g/mol. The fourth-order valence-corrected chi connectivity index (χ4v) is 1.72. The lowest BCUT2D eigenvalue weighted by Gasteiger charge is -2.13. The van der Waals surface area contributed by atoms with E-state index < -0.39 is 12.6 Å². The van der Waals surface area contributed by atoms with Crippen molar-refractivity contribution in [1.82, 2.24) is 0 Å². The van der Waals surface area contributed by atoms with Crippen molar-refractivity contribution in [3.8, 4) is 0 Å². The van der Waals surface area contributed by atoms with Crippen LogP contribution in [0.5, 0.6) is 0 Å². The van der Waals surface area contributed by atoms with Crippen molar-refractivity contribution in [3.63, 3.8) is 0 Å². The molecule has 3 heteroatoms. The molecule has 0 radical (unpaired) electrons. The van der Waals surface area contributed by atoms with Gasteiger partial charge in [-0.3, -0.25) is 0 Å². The molecule has 0 fully saturated rings. The fourth-order valence-electron chi connectivity index (χ4n) is 1.72. The molecule has 0 amide bonds. The highest BCUT2D eigenvalue weighted by Gasteiger charge is 2.25. The summed E-state index contributed by atoms with van der Waals surface area (Å²) in [6.45, 7) is 4.24. The normalized spacial score (nSPS) is 14.4. The Hall–Kier alpha value is -0.210. The van der Waals surface area contributed by atoms with Crippen LogP contribution in [0.2, 0.25) is 0 Å². The molecule has 0 aliphatic carbocycles. The first kappa shape index (κ1) is 13.8. The van der Waals surface area contributed by atoms with Crippen molar-refractivity contribution in [2.45, 2.75) is 65.0 Å². The quantitative estimate of drug-likeness (QED) is 0.522. The van der Waals surface area contributed by atoms with Gasteiger partial charge in [-0.05, 0) is 12.3 Å². The van der Waals surface area contributed by atoms with Gasteiger partial charge in [0.2, 0.25) is 0 Å². The Morgan fingerprint density at radius 3 is 2.07 bits per heavy atom. The van der Waals surface area contributed by atoms with E-state index in [2.05, 4.69) is 13.8 Å². The third-order valence-corrected chi connectivity index (χ3v) is 2.60. The molecule has 0 nitrogen and oxygen atoms in total. The number of hydrogen-bond acceptors (Lipinski definition) is 0. The summed E-state index contributed by atoms with van der Waals surface area (Å²) in [5, 5.41) is 0. The zero-order valence-corrected chi connectivity index (χ0v) is 9.16. The Labute approximate surface area is 84.9 Å².